The van der Waals surface area contributed by atoms with Gasteiger partial charge in [-0.3, -0.25) is 0 Å². The zero-order valence-corrected chi connectivity index (χ0v) is 11.4. The molecular formula is C12H10O2PS2-. The fourth-order valence-corrected chi connectivity index (χ4v) is 3.07. The Morgan fingerprint density at radius 1 is 0.765 bits per heavy atom. The Bertz CT molecular complexity index is 471. The highest BCUT2D eigenvalue weighted by Crippen LogP contribution is 2.46. The molecule has 17 heavy (non-hydrogen) atoms. The Labute approximate surface area is 111 Å². The van der Waals surface area contributed by atoms with Crippen LogP contribution in [0.5, 0.6) is 11.5 Å². The van der Waals surface area contributed by atoms with Crippen LogP contribution in [0.15, 0.2) is 60.7 Å². The summed E-state index contributed by atoms with van der Waals surface area (Å²) in [6.07, 6.45) is 0. The lowest BCUT2D eigenvalue weighted by Gasteiger charge is -2.29. The zero-order chi connectivity index (χ0) is 12.1. The average molecular weight is 281 g/mol. The molecule has 88 valence electrons. The summed E-state index contributed by atoms with van der Waals surface area (Å²) in [7, 11) is 0. The second kappa shape index (κ2) is 5.58. The molecular weight excluding hydrogens is 271 g/mol. The summed E-state index contributed by atoms with van der Waals surface area (Å²) in [5, 5.41) is 0. The van der Waals surface area contributed by atoms with Gasteiger partial charge in [0.15, 0.2) is 5.69 Å². The molecule has 2 aromatic rings. The summed E-state index contributed by atoms with van der Waals surface area (Å²) in [6, 6.07) is 18.5. The molecule has 0 N–H and O–H groups in total. The van der Waals surface area contributed by atoms with Crippen molar-refractivity contribution in [2.24, 2.45) is 0 Å². The Balaban J connectivity index is 2.07. The van der Waals surface area contributed by atoms with Gasteiger partial charge in [-0.05, 0) is 36.1 Å². The van der Waals surface area contributed by atoms with Crippen molar-refractivity contribution in [3.63, 3.8) is 0 Å². The van der Waals surface area contributed by atoms with Crippen molar-refractivity contribution in [3.8, 4) is 11.5 Å². The molecule has 0 atom stereocenters. The van der Waals surface area contributed by atoms with Crippen LogP contribution in [0.25, 0.3) is 0 Å². The summed E-state index contributed by atoms with van der Waals surface area (Å²) in [4.78, 5) is 0. The number of rotatable bonds is 4. The molecule has 2 aromatic carbocycles. The van der Waals surface area contributed by atoms with Crippen LogP contribution in [0, 0.1) is 0 Å². The highest BCUT2D eigenvalue weighted by Gasteiger charge is 2.05. The minimum Gasteiger partial charge on any atom is -0.665 e. The van der Waals surface area contributed by atoms with Crippen LogP contribution >= 0.6 is 5.69 Å². The number of benzene rings is 2. The van der Waals surface area contributed by atoms with Gasteiger partial charge in [-0.25, -0.2) is 0 Å². The standard InChI is InChI=1S/C12H11O2PS2/c16-15(17,13-11-7-3-1-4-8-11)14-12-9-5-2-6-10-12/h1-10H,(H,16,17)/p-1. The number of hydrogen-bond acceptors (Lipinski definition) is 4. The Morgan fingerprint density at radius 2 is 1.12 bits per heavy atom. The second-order valence-electron chi connectivity index (χ2n) is 3.26. The van der Waals surface area contributed by atoms with Crippen LogP contribution in [0.2, 0.25) is 0 Å². The van der Waals surface area contributed by atoms with Gasteiger partial charge in [0.05, 0.1) is 0 Å². The first-order valence-electron chi connectivity index (χ1n) is 4.96. The predicted molar refractivity (Wildman–Crippen MR) is 75.8 cm³/mol. The largest absolute Gasteiger partial charge is 0.665 e. The van der Waals surface area contributed by atoms with Gasteiger partial charge >= 0.3 is 0 Å². The number of hydrogen-bond donors (Lipinski definition) is 0. The quantitative estimate of drug-likeness (QED) is 0.624. The smallest absolute Gasteiger partial charge is 0.156 e. The summed E-state index contributed by atoms with van der Waals surface area (Å²) in [6.45, 7) is 0. The van der Waals surface area contributed by atoms with Crippen LogP contribution in [0.3, 0.4) is 0 Å². The maximum atomic E-state index is 5.52. The first-order chi connectivity index (χ1) is 8.16. The topological polar surface area (TPSA) is 18.5 Å². The highest BCUT2D eigenvalue weighted by atomic mass is 32.9. The van der Waals surface area contributed by atoms with E-state index in [-0.39, 0.29) is 0 Å². The molecule has 0 fully saturated rings. The van der Waals surface area contributed by atoms with E-state index < -0.39 is 5.69 Å². The van der Waals surface area contributed by atoms with E-state index >= 15 is 0 Å². The van der Waals surface area contributed by atoms with Gasteiger partial charge in [-0.1, -0.05) is 36.4 Å². The van der Waals surface area contributed by atoms with Crippen LogP contribution < -0.4 is 9.05 Å². The molecule has 0 saturated carbocycles. The molecule has 0 aliphatic carbocycles. The van der Waals surface area contributed by atoms with E-state index in [2.05, 4.69) is 0 Å². The molecule has 0 amide bonds. The van der Waals surface area contributed by atoms with E-state index in [1.54, 1.807) is 0 Å². The van der Waals surface area contributed by atoms with Gasteiger partial charge in [0.1, 0.15) is 11.5 Å². The highest BCUT2D eigenvalue weighted by molar-refractivity contribution is 8.51. The van der Waals surface area contributed by atoms with Crippen molar-refractivity contribution in [3.05, 3.63) is 60.7 Å². The molecule has 0 spiro atoms. The minimum atomic E-state index is -2.72. The molecule has 0 aromatic heterocycles. The van der Waals surface area contributed by atoms with Gasteiger partial charge in [0.2, 0.25) is 0 Å². The van der Waals surface area contributed by atoms with Crippen molar-refractivity contribution >= 4 is 29.7 Å². The summed E-state index contributed by atoms with van der Waals surface area (Å²) < 4.78 is 11.0. The maximum Gasteiger partial charge on any atom is 0.156 e. The van der Waals surface area contributed by atoms with Gasteiger partial charge in [-0.15, -0.1) is 0 Å². The van der Waals surface area contributed by atoms with Crippen molar-refractivity contribution < 1.29 is 9.05 Å². The lowest BCUT2D eigenvalue weighted by molar-refractivity contribution is 0.507. The third-order valence-electron chi connectivity index (χ3n) is 1.92. The van der Waals surface area contributed by atoms with E-state index in [1.807, 2.05) is 60.7 Å². The third-order valence-corrected chi connectivity index (χ3v) is 3.68. The lowest BCUT2D eigenvalue weighted by Crippen LogP contribution is -1.97. The van der Waals surface area contributed by atoms with E-state index in [9.17, 15) is 0 Å². The van der Waals surface area contributed by atoms with Crippen molar-refractivity contribution in [2.75, 3.05) is 0 Å². The first kappa shape index (κ1) is 12.5. The molecule has 0 radical (unpaired) electrons. The molecule has 0 bridgehead atoms. The van der Waals surface area contributed by atoms with E-state index in [0.29, 0.717) is 11.5 Å². The average Bonchev–Trinajstić information content (AvgIpc) is 2.30. The monoisotopic (exact) mass is 281 g/mol. The molecule has 2 rings (SSSR count). The minimum absolute atomic E-state index is 0.641. The summed E-state index contributed by atoms with van der Waals surface area (Å²) in [5.74, 6) is 1.28. The van der Waals surface area contributed by atoms with Gasteiger partial charge in [-0.2, -0.15) is 0 Å². The van der Waals surface area contributed by atoms with Crippen molar-refractivity contribution in [2.45, 2.75) is 0 Å². The summed E-state index contributed by atoms with van der Waals surface area (Å²) in [5.41, 5.74) is -2.72. The first-order valence-corrected chi connectivity index (χ1v) is 8.61. The molecule has 0 saturated heterocycles. The van der Waals surface area contributed by atoms with Gasteiger partial charge in [0, 0.05) is 0 Å². The van der Waals surface area contributed by atoms with Crippen molar-refractivity contribution in [1.82, 2.24) is 0 Å². The van der Waals surface area contributed by atoms with Crippen LogP contribution in [-0.4, -0.2) is 0 Å². The molecule has 0 heterocycles. The SMILES string of the molecule is S=P([S-])(Oc1ccccc1)Oc1ccccc1. The predicted octanol–water partition coefficient (Wildman–Crippen LogP) is 3.92. The number of para-hydroxylation sites is 2. The van der Waals surface area contributed by atoms with Crippen LogP contribution in [0.4, 0.5) is 0 Å². The Morgan fingerprint density at radius 3 is 1.47 bits per heavy atom. The maximum absolute atomic E-state index is 5.52. The van der Waals surface area contributed by atoms with E-state index in [1.165, 1.54) is 0 Å². The normalized spacial score (nSPS) is 10.9. The third kappa shape index (κ3) is 4.08. The fraction of sp³-hybridized carbons (Fsp3) is 0. The van der Waals surface area contributed by atoms with Crippen molar-refractivity contribution in [1.29, 1.82) is 0 Å². The van der Waals surface area contributed by atoms with E-state index in [0.717, 1.165) is 0 Å². The molecule has 2 nitrogen and oxygen atoms in total. The van der Waals surface area contributed by atoms with E-state index in [4.69, 9.17) is 33.1 Å². The molecule has 5 heteroatoms. The van der Waals surface area contributed by atoms with Crippen LogP contribution in [-0.2, 0) is 24.1 Å². The van der Waals surface area contributed by atoms with Crippen LogP contribution in [0.1, 0.15) is 0 Å². The van der Waals surface area contributed by atoms with Gasteiger partial charge < -0.3 is 21.3 Å². The molecule has 0 unspecified atom stereocenters. The second-order valence-corrected chi connectivity index (χ2v) is 8.09. The van der Waals surface area contributed by atoms with Gasteiger partial charge in [0.25, 0.3) is 0 Å². The lowest BCUT2D eigenvalue weighted by atomic mass is 10.3. The zero-order valence-electron chi connectivity index (χ0n) is 8.85. The molecule has 0 aliphatic rings. The summed E-state index contributed by atoms with van der Waals surface area (Å²) >= 11 is 10.4. The Kier molecular flexibility index (Phi) is 4.11. The molecule has 0 aliphatic heterocycles. The fourth-order valence-electron chi connectivity index (χ4n) is 1.24. The Hall–Kier alpha value is -0.960.